The predicted molar refractivity (Wildman–Crippen MR) is 39.4 cm³/mol. The van der Waals surface area contributed by atoms with E-state index in [-0.39, 0.29) is 0 Å². The molecular weight excluding hydrogens is 219 g/mol. The van der Waals surface area contributed by atoms with Crippen LogP contribution in [0, 0.1) is 0 Å². The SMILES string of the molecule is O=C(OOF)[C@H](O)[C@@H](O)[C@H](O)[C@H](O)CO. The van der Waals surface area contributed by atoms with Gasteiger partial charge in [-0.1, -0.05) is 0 Å². The van der Waals surface area contributed by atoms with Gasteiger partial charge in [0.2, 0.25) is 0 Å². The third kappa shape index (κ3) is 4.03. The molecular formula is C6H11FO8. The number of hydrogen-bond acceptors (Lipinski definition) is 8. The Morgan fingerprint density at radius 1 is 1.20 bits per heavy atom. The third-order valence-corrected chi connectivity index (χ3v) is 1.61. The second kappa shape index (κ2) is 6.61. The van der Waals surface area contributed by atoms with Crippen molar-refractivity contribution >= 4 is 5.97 Å². The smallest absolute Gasteiger partial charge is 0.376 e. The largest absolute Gasteiger partial charge is 0.394 e. The van der Waals surface area contributed by atoms with Crippen LogP contribution in [-0.4, -0.2) is 62.5 Å². The number of hydrogen-bond donors (Lipinski definition) is 5. The Labute approximate surface area is 82.9 Å². The quantitative estimate of drug-likeness (QED) is 0.237. The van der Waals surface area contributed by atoms with Crippen molar-refractivity contribution in [2.45, 2.75) is 24.4 Å². The Morgan fingerprint density at radius 3 is 2.13 bits per heavy atom. The normalized spacial score (nSPS) is 19.1. The monoisotopic (exact) mass is 230 g/mol. The molecule has 90 valence electrons. The minimum Gasteiger partial charge on any atom is -0.394 e. The van der Waals surface area contributed by atoms with Crippen LogP contribution in [0.3, 0.4) is 0 Å². The number of aliphatic hydroxyl groups is 5. The second-order valence-electron chi connectivity index (χ2n) is 2.64. The molecule has 9 heteroatoms. The van der Waals surface area contributed by atoms with Crippen LogP contribution in [0.5, 0.6) is 0 Å². The molecule has 0 aliphatic heterocycles. The molecule has 0 aliphatic carbocycles. The number of halogens is 1. The summed E-state index contributed by atoms with van der Waals surface area (Å²) in [5.41, 5.74) is 0. The molecule has 4 atom stereocenters. The molecule has 0 aromatic heterocycles. The first-order valence-electron chi connectivity index (χ1n) is 3.78. The van der Waals surface area contributed by atoms with Gasteiger partial charge < -0.3 is 25.5 Å². The van der Waals surface area contributed by atoms with Crippen molar-refractivity contribution in [2.75, 3.05) is 6.61 Å². The average Bonchev–Trinajstić information content (AvgIpc) is 2.25. The Morgan fingerprint density at radius 2 is 1.73 bits per heavy atom. The van der Waals surface area contributed by atoms with Crippen LogP contribution in [0.25, 0.3) is 0 Å². The Balaban J connectivity index is 4.29. The zero-order valence-electron chi connectivity index (χ0n) is 7.36. The summed E-state index contributed by atoms with van der Waals surface area (Å²) in [6, 6.07) is 0. The molecule has 0 rings (SSSR count). The first-order valence-corrected chi connectivity index (χ1v) is 3.78. The molecule has 0 fully saturated rings. The Hall–Kier alpha value is -0.840. The van der Waals surface area contributed by atoms with Crippen LogP contribution in [0.2, 0.25) is 0 Å². The molecule has 0 heterocycles. The van der Waals surface area contributed by atoms with Crippen LogP contribution in [-0.2, 0) is 14.8 Å². The summed E-state index contributed by atoms with van der Waals surface area (Å²) < 4.78 is 11.0. The predicted octanol–water partition coefficient (Wildman–Crippen LogP) is -3.22. The van der Waals surface area contributed by atoms with Gasteiger partial charge in [0.05, 0.1) is 6.61 Å². The van der Waals surface area contributed by atoms with Gasteiger partial charge in [-0.3, -0.25) is 4.89 Å². The molecule has 0 unspecified atom stereocenters. The summed E-state index contributed by atoms with van der Waals surface area (Å²) in [6.07, 6.45) is -8.25. The molecule has 0 bridgehead atoms. The van der Waals surface area contributed by atoms with Gasteiger partial charge in [-0.05, 0) is 4.53 Å². The second-order valence-corrected chi connectivity index (χ2v) is 2.64. The summed E-state index contributed by atoms with van der Waals surface area (Å²) in [7, 11) is 0. The van der Waals surface area contributed by atoms with Crippen LogP contribution in [0.15, 0.2) is 0 Å². The van der Waals surface area contributed by atoms with Gasteiger partial charge in [0.25, 0.3) is 0 Å². The summed E-state index contributed by atoms with van der Waals surface area (Å²) in [6.45, 7) is -0.903. The van der Waals surface area contributed by atoms with Crippen molar-refractivity contribution in [2.24, 2.45) is 0 Å². The number of carbonyl (C=O) groups excluding carboxylic acids is 1. The van der Waals surface area contributed by atoms with Gasteiger partial charge in [-0.15, -0.1) is 0 Å². The lowest BCUT2D eigenvalue weighted by atomic mass is 10.0. The molecule has 15 heavy (non-hydrogen) atoms. The molecule has 0 amide bonds. The maximum absolute atomic E-state index is 11.0. The molecule has 0 saturated carbocycles. The molecule has 0 spiro atoms. The van der Waals surface area contributed by atoms with Crippen LogP contribution < -0.4 is 0 Å². The maximum atomic E-state index is 11.0. The van der Waals surface area contributed by atoms with Crippen molar-refractivity contribution in [3.8, 4) is 0 Å². The van der Waals surface area contributed by atoms with E-state index in [1.165, 1.54) is 0 Å². The fourth-order valence-electron chi connectivity index (χ4n) is 0.742. The highest BCUT2D eigenvalue weighted by molar-refractivity contribution is 5.74. The molecule has 0 saturated heterocycles. The lowest BCUT2D eigenvalue weighted by Gasteiger charge is -2.23. The topological polar surface area (TPSA) is 137 Å². The third-order valence-electron chi connectivity index (χ3n) is 1.61. The minimum atomic E-state index is -2.32. The highest BCUT2D eigenvalue weighted by atomic mass is 19.3. The van der Waals surface area contributed by atoms with Gasteiger partial charge in [-0.25, -0.2) is 4.79 Å². The van der Waals surface area contributed by atoms with E-state index in [9.17, 15) is 9.32 Å². The Bertz CT molecular complexity index is 200. The highest BCUT2D eigenvalue weighted by Crippen LogP contribution is 2.06. The van der Waals surface area contributed by atoms with Crippen LogP contribution >= 0.6 is 0 Å². The zero-order chi connectivity index (χ0) is 12.0. The van der Waals surface area contributed by atoms with E-state index in [0.717, 1.165) is 0 Å². The fourth-order valence-corrected chi connectivity index (χ4v) is 0.742. The standard InChI is InChI=1S/C6H11FO8/c7-15-14-6(13)5(12)4(11)3(10)2(9)1-8/h2-5,8-12H,1H2/t2-,3-,4+,5-/m1/s1. The number of aliphatic hydroxyl groups excluding tert-OH is 5. The van der Waals surface area contributed by atoms with Gasteiger partial charge >= 0.3 is 5.97 Å². The van der Waals surface area contributed by atoms with Gasteiger partial charge in [0, 0.05) is 5.09 Å². The molecule has 5 N–H and O–H groups in total. The van der Waals surface area contributed by atoms with Gasteiger partial charge in [-0.2, -0.15) is 0 Å². The van der Waals surface area contributed by atoms with Crippen molar-refractivity contribution < 1.29 is 44.8 Å². The lowest BCUT2D eigenvalue weighted by Crippen LogP contribution is -2.49. The van der Waals surface area contributed by atoms with E-state index in [1.54, 1.807) is 0 Å². The summed E-state index contributed by atoms with van der Waals surface area (Å²) in [5.74, 6) is -1.70. The molecule has 0 aromatic carbocycles. The lowest BCUT2D eigenvalue weighted by molar-refractivity contribution is -0.402. The van der Waals surface area contributed by atoms with Crippen LogP contribution in [0.1, 0.15) is 0 Å². The van der Waals surface area contributed by atoms with E-state index < -0.39 is 37.0 Å². The van der Waals surface area contributed by atoms with Gasteiger partial charge in [0.15, 0.2) is 6.10 Å². The van der Waals surface area contributed by atoms with Crippen LogP contribution in [0.4, 0.5) is 4.53 Å². The van der Waals surface area contributed by atoms with Crippen molar-refractivity contribution in [3.63, 3.8) is 0 Å². The van der Waals surface area contributed by atoms with Crippen molar-refractivity contribution in [1.29, 1.82) is 0 Å². The van der Waals surface area contributed by atoms with Gasteiger partial charge in [0.1, 0.15) is 18.3 Å². The zero-order valence-corrected chi connectivity index (χ0v) is 7.36. The number of carbonyl (C=O) groups is 1. The average molecular weight is 230 g/mol. The van der Waals surface area contributed by atoms with E-state index in [0.29, 0.717) is 0 Å². The molecule has 0 aromatic rings. The Kier molecular flexibility index (Phi) is 6.24. The van der Waals surface area contributed by atoms with E-state index >= 15 is 0 Å². The first kappa shape index (κ1) is 14.2. The molecule has 8 nitrogen and oxygen atoms in total. The summed E-state index contributed by atoms with van der Waals surface area (Å²) >= 11 is 0. The van der Waals surface area contributed by atoms with E-state index in [1.807, 2.05) is 0 Å². The van der Waals surface area contributed by atoms with E-state index in [2.05, 4.69) is 9.98 Å². The fraction of sp³-hybridized carbons (Fsp3) is 0.833. The first-order chi connectivity index (χ1) is 6.95. The molecule has 0 aliphatic rings. The van der Waals surface area contributed by atoms with Crippen molar-refractivity contribution in [3.05, 3.63) is 0 Å². The maximum Gasteiger partial charge on any atom is 0.376 e. The number of rotatable bonds is 6. The summed E-state index contributed by atoms with van der Waals surface area (Å²) in [5, 5.41) is 46.6. The van der Waals surface area contributed by atoms with E-state index in [4.69, 9.17) is 25.5 Å². The molecule has 0 radical (unpaired) electrons. The van der Waals surface area contributed by atoms with Crippen molar-refractivity contribution in [1.82, 2.24) is 0 Å². The highest BCUT2D eigenvalue weighted by Gasteiger charge is 2.35. The minimum absolute atomic E-state index is 0.903. The summed E-state index contributed by atoms with van der Waals surface area (Å²) in [4.78, 5) is 13.8.